The number of piperidine rings is 1. The predicted octanol–water partition coefficient (Wildman–Crippen LogP) is 1.28. The maximum atomic E-state index is 12.5. The first kappa shape index (κ1) is 19.7. The van der Waals surface area contributed by atoms with Crippen LogP contribution in [0.1, 0.15) is 44.9 Å². The van der Waals surface area contributed by atoms with Gasteiger partial charge in [0.25, 0.3) is 0 Å². The number of rotatable bonds is 6. The fourth-order valence-electron chi connectivity index (χ4n) is 4.09. The Morgan fingerprint density at radius 3 is 2.21 bits per heavy atom. The Labute approximate surface area is 147 Å². The maximum absolute atomic E-state index is 12.5. The molecule has 140 valence electrons. The number of hydrogen-bond acceptors (Lipinski definition) is 4. The topological polar surface area (TPSA) is 69.7 Å². The summed E-state index contributed by atoms with van der Waals surface area (Å²) < 4.78 is 24.6. The van der Waals surface area contributed by atoms with Crippen molar-refractivity contribution in [3.8, 4) is 0 Å². The summed E-state index contributed by atoms with van der Waals surface area (Å²) in [6, 6.07) is 0.394. The average Bonchev–Trinajstić information content (AvgIpc) is 2.55. The molecule has 1 aliphatic heterocycles. The molecule has 0 spiro atoms. The Balaban J connectivity index is 1.81. The first-order valence-corrected chi connectivity index (χ1v) is 11.0. The molecule has 0 aromatic carbocycles. The van der Waals surface area contributed by atoms with Gasteiger partial charge < -0.3 is 10.2 Å². The van der Waals surface area contributed by atoms with Gasteiger partial charge in [0, 0.05) is 31.6 Å². The van der Waals surface area contributed by atoms with Gasteiger partial charge >= 0.3 is 0 Å². The highest BCUT2D eigenvalue weighted by Gasteiger charge is 2.30. The SMILES string of the molecule is CN(C)[C@H](CNC(=O)C1CCN(S(C)(=O)=O)CC1)C1CCCCC1. The molecule has 2 rings (SSSR count). The van der Waals surface area contributed by atoms with Crippen LogP contribution < -0.4 is 5.32 Å². The summed E-state index contributed by atoms with van der Waals surface area (Å²) in [5, 5.41) is 3.14. The third kappa shape index (κ3) is 5.43. The third-order valence-corrected chi connectivity index (χ3v) is 6.94. The van der Waals surface area contributed by atoms with E-state index >= 15 is 0 Å². The number of sulfonamides is 1. The average molecular weight is 360 g/mol. The number of likely N-dealkylation sites (N-methyl/N-ethyl adjacent to an activating group) is 1. The molecule has 7 heteroatoms. The van der Waals surface area contributed by atoms with Crippen LogP contribution in [0.25, 0.3) is 0 Å². The predicted molar refractivity (Wildman–Crippen MR) is 96.2 cm³/mol. The Bertz CT molecular complexity index is 507. The van der Waals surface area contributed by atoms with Crippen LogP contribution in [0.15, 0.2) is 0 Å². The second kappa shape index (κ2) is 8.63. The van der Waals surface area contributed by atoms with Gasteiger partial charge in [-0.1, -0.05) is 19.3 Å². The zero-order chi connectivity index (χ0) is 17.7. The molecule has 0 aromatic rings. The number of nitrogens with one attached hydrogen (secondary N) is 1. The molecule has 0 unspecified atom stereocenters. The summed E-state index contributed by atoms with van der Waals surface area (Å²) in [6.45, 7) is 1.61. The minimum absolute atomic E-state index is 0.0582. The molecule has 6 nitrogen and oxygen atoms in total. The van der Waals surface area contributed by atoms with Gasteiger partial charge in [-0.3, -0.25) is 4.79 Å². The van der Waals surface area contributed by atoms with Crippen molar-refractivity contribution in [3.63, 3.8) is 0 Å². The van der Waals surface area contributed by atoms with Crippen molar-refractivity contribution in [2.45, 2.75) is 51.0 Å². The van der Waals surface area contributed by atoms with Crippen molar-refractivity contribution in [2.75, 3.05) is 40.0 Å². The largest absolute Gasteiger partial charge is 0.354 e. The van der Waals surface area contributed by atoms with Crippen LogP contribution in [-0.4, -0.2) is 69.6 Å². The molecule has 1 heterocycles. The molecule has 24 heavy (non-hydrogen) atoms. The smallest absolute Gasteiger partial charge is 0.223 e. The molecular formula is C17H33N3O3S. The highest BCUT2D eigenvalue weighted by molar-refractivity contribution is 7.88. The van der Waals surface area contributed by atoms with E-state index in [2.05, 4.69) is 24.3 Å². The molecule has 1 aliphatic carbocycles. The lowest BCUT2D eigenvalue weighted by atomic mass is 9.83. The Hall–Kier alpha value is -0.660. The molecule has 2 fully saturated rings. The van der Waals surface area contributed by atoms with Crippen LogP contribution in [0.3, 0.4) is 0 Å². The molecule has 0 bridgehead atoms. The lowest BCUT2D eigenvalue weighted by Gasteiger charge is -2.35. The lowest BCUT2D eigenvalue weighted by molar-refractivity contribution is -0.126. The van der Waals surface area contributed by atoms with Crippen molar-refractivity contribution in [1.82, 2.24) is 14.5 Å². The highest BCUT2D eigenvalue weighted by Crippen LogP contribution is 2.28. The number of amides is 1. The van der Waals surface area contributed by atoms with Gasteiger partial charge in [0.2, 0.25) is 15.9 Å². The number of nitrogens with zero attached hydrogens (tertiary/aromatic N) is 2. The summed E-state index contributed by atoms with van der Waals surface area (Å²) in [4.78, 5) is 14.7. The van der Waals surface area contributed by atoms with Crippen molar-refractivity contribution in [1.29, 1.82) is 0 Å². The molecule has 1 amide bonds. The van der Waals surface area contributed by atoms with Crippen LogP contribution in [0.4, 0.5) is 0 Å². The van der Waals surface area contributed by atoms with Crippen LogP contribution >= 0.6 is 0 Å². The lowest BCUT2D eigenvalue weighted by Crippen LogP contribution is -2.48. The first-order chi connectivity index (χ1) is 11.3. The fourth-order valence-corrected chi connectivity index (χ4v) is 4.96. The van der Waals surface area contributed by atoms with Crippen LogP contribution in [0, 0.1) is 11.8 Å². The molecule has 2 aliphatic rings. The summed E-state index contributed by atoms with van der Waals surface area (Å²) in [5.74, 6) is 0.698. The minimum Gasteiger partial charge on any atom is -0.354 e. The van der Waals surface area contributed by atoms with E-state index in [0.29, 0.717) is 44.4 Å². The maximum Gasteiger partial charge on any atom is 0.223 e. The molecule has 1 atom stereocenters. The quantitative estimate of drug-likeness (QED) is 0.776. The van der Waals surface area contributed by atoms with Gasteiger partial charge in [0.05, 0.1) is 6.26 Å². The van der Waals surface area contributed by atoms with E-state index in [4.69, 9.17) is 0 Å². The Kier molecular flexibility index (Phi) is 7.07. The van der Waals surface area contributed by atoms with Crippen molar-refractivity contribution in [3.05, 3.63) is 0 Å². The van der Waals surface area contributed by atoms with Crippen molar-refractivity contribution in [2.24, 2.45) is 11.8 Å². The standard InChI is InChI=1S/C17H33N3O3S/c1-19(2)16(14-7-5-4-6-8-14)13-18-17(21)15-9-11-20(12-10-15)24(3,22)23/h14-16H,4-13H2,1-3H3,(H,18,21)/t16-/m1/s1. The molecular weight excluding hydrogens is 326 g/mol. The summed E-state index contributed by atoms with van der Waals surface area (Å²) in [5.41, 5.74) is 0. The Morgan fingerprint density at radius 1 is 1.12 bits per heavy atom. The summed E-state index contributed by atoms with van der Waals surface area (Å²) in [7, 11) is 1.06. The van der Waals surface area contributed by atoms with Gasteiger partial charge in [-0.2, -0.15) is 0 Å². The van der Waals surface area contributed by atoms with Gasteiger partial charge in [-0.15, -0.1) is 0 Å². The fraction of sp³-hybridized carbons (Fsp3) is 0.941. The van der Waals surface area contributed by atoms with E-state index in [-0.39, 0.29) is 11.8 Å². The molecule has 1 saturated heterocycles. The summed E-state index contributed by atoms with van der Waals surface area (Å²) in [6.07, 6.45) is 8.92. The van der Waals surface area contributed by atoms with Gasteiger partial charge in [0.15, 0.2) is 0 Å². The first-order valence-electron chi connectivity index (χ1n) is 9.18. The zero-order valence-electron chi connectivity index (χ0n) is 15.3. The van der Waals surface area contributed by atoms with E-state index < -0.39 is 10.0 Å². The van der Waals surface area contributed by atoms with E-state index in [9.17, 15) is 13.2 Å². The zero-order valence-corrected chi connectivity index (χ0v) is 16.1. The molecule has 0 radical (unpaired) electrons. The van der Waals surface area contributed by atoms with E-state index in [1.165, 1.54) is 42.7 Å². The Morgan fingerprint density at radius 2 is 1.71 bits per heavy atom. The second-order valence-electron chi connectivity index (χ2n) is 7.61. The minimum atomic E-state index is -3.13. The number of carbonyl (C=O) groups excluding carboxylic acids is 1. The van der Waals surface area contributed by atoms with E-state index in [1.807, 2.05) is 0 Å². The van der Waals surface area contributed by atoms with Crippen molar-refractivity contribution < 1.29 is 13.2 Å². The normalized spacial score (nSPS) is 23.3. The van der Waals surface area contributed by atoms with E-state index in [1.54, 1.807) is 0 Å². The second-order valence-corrected chi connectivity index (χ2v) is 9.59. The van der Waals surface area contributed by atoms with Crippen LogP contribution in [0.5, 0.6) is 0 Å². The van der Waals surface area contributed by atoms with Crippen LogP contribution in [-0.2, 0) is 14.8 Å². The highest BCUT2D eigenvalue weighted by atomic mass is 32.2. The third-order valence-electron chi connectivity index (χ3n) is 5.64. The monoisotopic (exact) mass is 359 g/mol. The molecule has 1 saturated carbocycles. The van der Waals surface area contributed by atoms with Gasteiger partial charge in [0.1, 0.15) is 0 Å². The number of hydrogen-bond donors (Lipinski definition) is 1. The number of carbonyl (C=O) groups is 1. The molecule has 1 N–H and O–H groups in total. The van der Waals surface area contributed by atoms with Crippen LogP contribution in [0.2, 0.25) is 0 Å². The molecule has 0 aromatic heterocycles. The summed E-state index contributed by atoms with van der Waals surface area (Å²) >= 11 is 0. The van der Waals surface area contributed by atoms with Gasteiger partial charge in [-0.25, -0.2) is 12.7 Å². The van der Waals surface area contributed by atoms with Gasteiger partial charge in [-0.05, 0) is 45.7 Å². The van der Waals surface area contributed by atoms with Crippen molar-refractivity contribution >= 4 is 15.9 Å². The van der Waals surface area contributed by atoms with E-state index in [0.717, 1.165) is 0 Å².